The molecule has 0 aliphatic rings. The normalized spacial score (nSPS) is 8.83. The molecule has 0 aromatic carbocycles. The first-order valence-corrected chi connectivity index (χ1v) is 1.49. The van der Waals surface area contributed by atoms with E-state index in [0.29, 0.717) is 0 Å². The molecular formula is C3H3N3. The first-order chi connectivity index (χ1) is 2.89. The summed E-state index contributed by atoms with van der Waals surface area (Å²) in [6, 6.07) is 0. The molecule has 1 heterocycles. The minimum Gasteiger partial charge on any atom is -0.245 e. The van der Waals surface area contributed by atoms with Crippen LogP contribution in [-0.4, -0.2) is 14.8 Å². The Labute approximate surface area is 35.6 Å². The first-order valence-electron chi connectivity index (χ1n) is 1.49. The molecule has 0 N–H and O–H groups in total. The van der Waals surface area contributed by atoms with Crippen molar-refractivity contribution in [1.29, 1.82) is 0 Å². The average molecular weight is 81.1 g/mol. The van der Waals surface area contributed by atoms with Gasteiger partial charge in [-0.15, -0.1) is 0 Å². The van der Waals surface area contributed by atoms with Gasteiger partial charge in [0.25, 0.3) is 0 Å². The van der Waals surface area contributed by atoms with Gasteiger partial charge in [0.2, 0.25) is 0 Å². The molecule has 0 spiro atoms. The van der Waals surface area contributed by atoms with Crippen molar-refractivity contribution in [2.75, 3.05) is 0 Å². The standard InChI is InChI=1S/C3H3N3/c1-6-3-4-2-5-6/h1-3H. The fourth-order valence-electron chi connectivity index (χ4n) is 0.217. The van der Waals surface area contributed by atoms with Gasteiger partial charge in [-0.2, -0.15) is 5.10 Å². The second-order valence-electron chi connectivity index (χ2n) is 0.875. The van der Waals surface area contributed by atoms with E-state index in [4.69, 9.17) is 7.05 Å². The minimum atomic E-state index is 1.14. The zero-order chi connectivity index (χ0) is 4.41. The molecule has 1 rings (SSSR count). The van der Waals surface area contributed by atoms with E-state index in [0.717, 1.165) is 4.68 Å². The Morgan fingerprint density at radius 2 is 2.50 bits per heavy atom. The molecule has 0 unspecified atom stereocenters. The van der Waals surface area contributed by atoms with Crippen molar-refractivity contribution >= 4 is 0 Å². The van der Waals surface area contributed by atoms with E-state index < -0.39 is 0 Å². The summed E-state index contributed by atoms with van der Waals surface area (Å²) in [5.41, 5.74) is 0. The van der Waals surface area contributed by atoms with E-state index in [1.54, 1.807) is 0 Å². The maximum Gasteiger partial charge on any atom is 0.137 e. The minimum absolute atomic E-state index is 1.14. The van der Waals surface area contributed by atoms with E-state index in [1.165, 1.54) is 12.7 Å². The third kappa shape index (κ3) is 0.381. The Balaban J connectivity index is 3.05. The number of hydrogen-bond donors (Lipinski definition) is 0. The maximum atomic E-state index is 5.02. The number of aromatic nitrogens is 3. The van der Waals surface area contributed by atoms with Crippen LogP contribution in [0.25, 0.3) is 0 Å². The number of nitrogens with zero attached hydrogens (tertiary/aromatic N) is 3. The van der Waals surface area contributed by atoms with E-state index in [9.17, 15) is 0 Å². The largest absolute Gasteiger partial charge is 0.245 e. The number of rotatable bonds is 0. The molecule has 0 aliphatic heterocycles. The average Bonchev–Trinajstić information content (AvgIpc) is 1.86. The van der Waals surface area contributed by atoms with Crippen molar-refractivity contribution in [3.63, 3.8) is 0 Å². The lowest BCUT2D eigenvalue weighted by molar-refractivity contribution is 0.876. The van der Waals surface area contributed by atoms with Gasteiger partial charge in [0.1, 0.15) is 19.7 Å². The summed E-state index contributed by atoms with van der Waals surface area (Å²) >= 11 is 0. The molecule has 1 aromatic rings. The van der Waals surface area contributed by atoms with Gasteiger partial charge in [-0.1, -0.05) is 0 Å². The quantitative estimate of drug-likeness (QED) is 0.432. The summed E-state index contributed by atoms with van der Waals surface area (Å²) in [6.07, 6.45) is 2.79. The van der Waals surface area contributed by atoms with Gasteiger partial charge < -0.3 is 0 Å². The molecule has 0 fully saturated rings. The predicted octanol–water partition coefficient (Wildman–Crippen LogP) is -0.205. The van der Waals surface area contributed by atoms with Crippen LogP contribution in [0.1, 0.15) is 0 Å². The van der Waals surface area contributed by atoms with Crippen molar-refractivity contribution in [3.8, 4) is 0 Å². The van der Waals surface area contributed by atoms with Crippen LogP contribution in [0.4, 0.5) is 0 Å². The zero-order valence-electron chi connectivity index (χ0n) is 3.07. The van der Waals surface area contributed by atoms with E-state index in [1.807, 2.05) is 0 Å². The molecule has 3 nitrogen and oxygen atoms in total. The Morgan fingerprint density at radius 1 is 1.67 bits per heavy atom. The Morgan fingerprint density at radius 3 is 2.67 bits per heavy atom. The molecule has 0 saturated carbocycles. The topological polar surface area (TPSA) is 30.7 Å². The molecular weight excluding hydrogens is 78.1 g/mol. The fourth-order valence-corrected chi connectivity index (χ4v) is 0.217. The van der Waals surface area contributed by atoms with Gasteiger partial charge in [0, 0.05) is 0 Å². The molecule has 0 amide bonds. The summed E-state index contributed by atoms with van der Waals surface area (Å²) in [5, 5.41) is 3.50. The second kappa shape index (κ2) is 1.08. The lowest BCUT2D eigenvalue weighted by atomic mass is 11.2. The fraction of sp³-hybridized carbons (Fsp3) is 0. The van der Waals surface area contributed by atoms with Crippen LogP contribution in [0.2, 0.25) is 0 Å². The van der Waals surface area contributed by atoms with Crippen LogP contribution in [0.3, 0.4) is 0 Å². The molecule has 3 heteroatoms. The van der Waals surface area contributed by atoms with Crippen molar-refractivity contribution in [2.24, 2.45) is 0 Å². The van der Waals surface area contributed by atoms with Crippen molar-refractivity contribution in [3.05, 3.63) is 19.7 Å². The second-order valence-corrected chi connectivity index (χ2v) is 0.875. The van der Waals surface area contributed by atoms with Crippen molar-refractivity contribution in [2.45, 2.75) is 0 Å². The van der Waals surface area contributed by atoms with E-state index in [-0.39, 0.29) is 0 Å². The Bertz CT molecular complexity index is 110. The SMILES string of the molecule is [CH]n1cncn1. The van der Waals surface area contributed by atoms with Gasteiger partial charge in [-0.05, 0) is 0 Å². The van der Waals surface area contributed by atoms with Crippen LogP contribution in [-0.2, 0) is 0 Å². The van der Waals surface area contributed by atoms with Gasteiger partial charge in [-0.25, -0.2) is 9.67 Å². The molecule has 2 radical (unpaired) electrons. The van der Waals surface area contributed by atoms with Crippen LogP contribution in [0, 0.1) is 7.05 Å². The number of hydrogen-bond acceptors (Lipinski definition) is 2. The summed E-state index contributed by atoms with van der Waals surface area (Å²) in [7, 11) is 5.02. The molecule has 6 heavy (non-hydrogen) atoms. The molecule has 30 valence electrons. The third-order valence-electron chi connectivity index (χ3n) is 0.437. The molecule has 1 aromatic heterocycles. The zero-order valence-corrected chi connectivity index (χ0v) is 3.07. The maximum absolute atomic E-state index is 5.02. The smallest absolute Gasteiger partial charge is 0.137 e. The third-order valence-corrected chi connectivity index (χ3v) is 0.437. The van der Waals surface area contributed by atoms with Gasteiger partial charge in [0.05, 0.1) is 0 Å². The highest BCUT2D eigenvalue weighted by Gasteiger charge is 1.71. The summed E-state index contributed by atoms with van der Waals surface area (Å²) in [5.74, 6) is 0. The highest BCUT2D eigenvalue weighted by atomic mass is 15.3. The van der Waals surface area contributed by atoms with Gasteiger partial charge in [-0.3, -0.25) is 0 Å². The molecule has 0 saturated heterocycles. The Hall–Kier alpha value is -0.860. The van der Waals surface area contributed by atoms with Crippen molar-refractivity contribution in [1.82, 2.24) is 14.8 Å². The van der Waals surface area contributed by atoms with Crippen LogP contribution < -0.4 is 0 Å². The first kappa shape index (κ1) is 3.33. The lowest BCUT2D eigenvalue weighted by Crippen LogP contribution is -1.80. The van der Waals surface area contributed by atoms with E-state index >= 15 is 0 Å². The van der Waals surface area contributed by atoms with Crippen molar-refractivity contribution < 1.29 is 0 Å². The van der Waals surface area contributed by atoms with E-state index in [2.05, 4.69) is 10.1 Å². The van der Waals surface area contributed by atoms with Gasteiger partial charge >= 0.3 is 0 Å². The van der Waals surface area contributed by atoms with Gasteiger partial charge in [0.15, 0.2) is 0 Å². The molecule has 0 aliphatic carbocycles. The predicted molar refractivity (Wildman–Crippen MR) is 19.7 cm³/mol. The lowest BCUT2D eigenvalue weighted by Gasteiger charge is -1.73. The Kier molecular flexibility index (Phi) is 0.602. The summed E-state index contributed by atoms with van der Waals surface area (Å²) in [6.45, 7) is 0. The van der Waals surface area contributed by atoms with Crippen LogP contribution in [0.15, 0.2) is 12.7 Å². The monoisotopic (exact) mass is 81.0 g/mol. The van der Waals surface area contributed by atoms with Crippen LogP contribution >= 0.6 is 0 Å². The van der Waals surface area contributed by atoms with Crippen LogP contribution in [0.5, 0.6) is 0 Å². The molecule has 0 atom stereocenters. The molecule has 0 bridgehead atoms. The summed E-state index contributed by atoms with van der Waals surface area (Å²) in [4.78, 5) is 3.55. The highest BCUT2D eigenvalue weighted by molar-refractivity contribution is 4.54. The summed E-state index contributed by atoms with van der Waals surface area (Å²) < 4.78 is 1.14. The highest BCUT2D eigenvalue weighted by Crippen LogP contribution is 1.66.